The topological polar surface area (TPSA) is 21.3 Å². The number of rotatable bonds is 4. The summed E-state index contributed by atoms with van der Waals surface area (Å²) in [5.74, 6) is 3.47. The summed E-state index contributed by atoms with van der Waals surface area (Å²) in [6.45, 7) is 3.46. The molecule has 2 atom stereocenters. The van der Waals surface area contributed by atoms with E-state index in [0.717, 1.165) is 12.5 Å². The number of thioether (sulfide) groups is 1. The maximum absolute atomic E-state index is 5.58. The molecule has 0 saturated carbocycles. The van der Waals surface area contributed by atoms with Gasteiger partial charge in [-0.25, -0.2) is 0 Å². The fraction of sp³-hybridized carbons (Fsp3) is 1.00. The number of ether oxygens (including phenoxy) is 1. The highest BCUT2D eigenvalue weighted by Crippen LogP contribution is 2.20. The number of nitrogens with one attached hydrogen (secondary N) is 1. The van der Waals surface area contributed by atoms with Crippen LogP contribution < -0.4 is 5.32 Å². The Bertz CT molecular complexity index is 126. The van der Waals surface area contributed by atoms with E-state index in [1.165, 1.54) is 43.9 Å². The highest BCUT2D eigenvalue weighted by molar-refractivity contribution is 7.99. The van der Waals surface area contributed by atoms with Crippen molar-refractivity contribution in [3.05, 3.63) is 0 Å². The molecular weight excluding hydrogens is 182 g/mol. The van der Waals surface area contributed by atoms with E-state index in [-0.39, 0.29) is 0 Å². The van der Waals surface area contributed by atoms with Crippen molar-refractivity contribution >= 4 is 11.8 Å². The monoisotopic (exact) mass is 201 g/mol. The van der Waals surface area contributed by atoms with Crippen molar-refractivity contribution < 1.29 is 4.74 Å². The van der Waals surface area contributed by atoms with Crippen LogP contribution in [-0.4, -0.2) is 37.3 Å². The third kappa shape index (κ3) is 3.15. The van der Waals surface area contributed by atoms with E-state index in [9.17, 15) is 0 Å². The van der Waals surface area contributed by atoms with Gasteiger partial charge < -0.3 is 10.1 Å². The van der Waals surface area contributed by atoms with Crippen molar-refractivity contribution in [3.8, 4) is 0 Å². The van der Waals surface area contributed by atoms with Gasteiger partial charge in [-0.15, -0.1) is 0 Å². The third-order valence-electron chi connectivity index (χ3n) is 2.84. The van der Waals surface area contributed by atoms with Crippen molar-refractivity contribution in [2.24, 2.45) is 5.92 Å². The maximum Gasteiger partial charge on any atom is 0.0666 e. The van der Waals surface area contributed by atoms with Gasteiger partial charge in [-0.3, -0.25) is 0 Å². The molecule has 0 aromatic carbocycles. The smallest absolute Gasteiger partial charge is 0.0666 e. The van der Waals surface area contributed by atoms with Gasteiger partial charge in [0.25, 0.3) is 0 Å². The van der Waals surface area contributed by atoms with Crippen molar-refractivity contribution in [1.82, 2.24) is 5.32 Å². The number of hydrogen-bond acceptors (Lipinski definition) is 3. The molecule has 0 aromatic heterocycles. The fourth-order valence-electron chi connectivity index (χ4n) is 2.00. The zero-order chi connectivity index (χ0) is 8.93. The minimum Gasteiger partial charge on any atom is -0.377 e. The fourth-order valence-corrected chi connectivity index (χ4v) is 3.28. The molecule has 0 aliphatic carbocycles. The largest absolute Gasteiger partial charge is 0.377 e. The SMILES string of the molecule is C1COC(CSCC2CCNC2)C1. The zero-order valence-corrected chi connectivity index (χ0v) is 8.94. The molecule has 13 heavy (non-hydrogen) atoms. The minimum absolute atomic E-state index is 0.569. The maximum atomic E-state index is 5.58. The van der Waals surface area contributed by atoms with Gasteiger partial charge in [0.1, 0.15) is 0 Å². The molecule has 0 spiro atoms. The normalized spacial score (nSPS) is 34.2. The Morgan fingerprint density at radius 1 is 1.31 bits per heavy atom. The van der Waals surface area contributed by atoms with Crippen LogP contribution in [0.25, 0.3) is 0 Å². The van der Waals surface area contributed by atoms with E-state index in [1.807, 2.05) is 0 Å². The highest BCUT2D eigenvalue weighted by atomic mass is 32.2. The van der Waals surface area contributed by atoms with Gasteiger partial charge in [0.15, 0.2) is 0 Å². The summed E-state index contributed by atoms with van der Waals surface area (Å²) < 4.78 is 5.58. The van der Waals surface area contributed by atoms with Gasteiger partial charge in [-0.2, -0.15) is 11.8 Å². The van der Waals surface area contributed by atoms with Crippen LogP contribution in [0.1, 0.15) is 19.3 Å². The van der Waals surface area contributed by atoms with Gasteiger partial charge in [0.05, 0.1) is 6.10 Å². The molecule has 2 aliphatic heterocycles. The molecule has 2 saturated heterocycles. The first-order valence-corrected chi connectivity index (χ1v) is 6.50. The van der Waals surface area contributed by atoms with Crippen LogP contribution >= 0.6 is 11.8 Å². The molecule has 0 amide bonds. The Balaban J connectivity index is 1.52. The second-order valence-corrected chi connectivity index (χ2v) is 5.11. The van der Waals surface area contributed by atoms with Crippen molar-refractivity contribution in [2.75, 3.05) is 31.2 Å². The minimum atomic E-state index is 0.569. The standard InChI is InChI=1S/C10H19NOS/c1-2-10(12-5-1)8-13-7-9-3-4-11-6-9/h9-11H,1-8H2. The highest BCUT2D eigenvalue weighted by Gasteiger charge is 2.18. The molecule has 3 heteroatoms. The lowest BCUT2D eigenvalue weighted by Gasteiger charge is -2.11. The summed E-state index contributed by atoms with van der Waals surface area (Å²) in [4.78, 5) is 0. The van der Waals surface area contributed by atoms with E-state index in [0.29, 0.717) is 6.10 Å². The third-order valence-corrected chi connectivity index (χ3v) is 4.16. The van der Waals surface area contributed by atoms with Crippen molar-refractivity contribution in [3.63, 3.8) is 0 Å². The molecule has 2 nitrogen and oxygen atoms in total. The molecule has 2 rings (SSSR count). The van der Waals surface area contributed by atoms with Crippen LogP contribution in [0, 0.1) is 5.92 Å². The van der Waals surface area contributed by atoms with Gasteiger partial charge in [0.2, 0.25) is 0 Å². The lowest BCUT2D eigenvalue weighted by Crippen LogP contribution is -2.13. The quantitative estimate of drug-likeness (QED) is 0.745. The summed E-state index contributed by atoms with van der Waals surface area (Å²) in [7, 11) is 0. The van der Waals surface area contributed by atoms with Crippen molar-refractivity contribution in [1.29, 1.82) is 0 Å². The molecule has 1 N–H and O–H groups in total. The number of hydrogen-bond donors (Lipinski definition) is 1. The first kappa shape index (κ1) is 9.81. The van der Waals surface area contributed by atoms with Crippen LogP contribution in [0.15, 0.2) is 0 Å². The molecule has 0 aromatic rings. The second kappa shape index (κ2) is 5.23. The predicted molar refractivity (Wildman–Crippen MR) is 57.3 cm³/mol. The lowest BCUT2D eigenvalue weighted by molar-refractivity contribution is 0.129. The Labute approximate surface area is 84.8 Å². The molecule has 0 radical (unpaired) electrons. The molecule has 76 valence electrons. The van der Waals surface area contributed by atoms with Crippen LogP contribution in [-0.2, 0) is 4.74 Å². The van der Waals surface area contributed by atoms with Crippen molar-refractivity contribution in [2.45, 2.75) is 25.4 Å². The van der Waals surface area contributed by atoms with E-state index >= 15 is 0 Å². The van der Waals surface area contributed by atoms with Gasteiger partial charge in [0, 0.05) is 12.4 Å². The van der Waals surface area contributed by atoms with Crippen LogP contribution in [0.4, 0.5) is 0 Å². The lowest BCUT2D eigenvalue weighted by atomic mass is 10.2. The zero-order valence-electron chi connectivity index (χ0n) is 8.13. The summed E-state index contributed by atoms with van der Waals surface area (Å²) in [5.41, 5.74) is 0. The van der Waals surface area contributed by atoms with Gasteiger partial charge in [-0.1, -0.05) is 0 Å². The predicted octanol–water partition coefficient (Wildman–Crippen LogP) is 1.51. The Hall–Kier alpha value is 0.270. The van der Waals surface area contributed by atoms with Crippen LogP contribution in [0.3, 0.4) is 0 Å². The summed E-state index contributed by atoms with van der Waals surface area (Å²) in [6.07, 6.45) is 4.50. The van der Waals surface area contributed by atoms with E-state index in [4.69, 9.17) is 4.74 Å². The summed E-state index contributed by atoms with van der Waals surface area (Å²) in [5, 5.41) is 3.41. The molecule has 0 bridgehead atoms. The molecule has 2 fully saturated rings. The Morgan fingerprint density at radius 2 is 2.31 bits per heavy atom. The molecule has 2 aliphatic rings. The Kier molecular flexibility index (Phi) is 3.94. The van der Waals surface area contributed by atoms with E-state index in [2.05, 4.69) is 17.1 Å². The molecular formula is C10H19NOS. The average molecular weight is 201 g/mol. The summed E-state index contributed by atoms with van der Waals surface area (Å²) >= 11 is 2.08. The van der Waals surface area contributed by atoms with Gasteiger partial charge in [-0.05, 0) is 44.0 Å². The summed E-state index contributed by atoms with van der Waals surface area (Å²) in [6, 6.07) is 0. The van der Waals surface area contributed by atoms with Crippen LogP contribution in [0.2, 0.25) is 0 Å². The first-order valence-electron chi connectivity index (χ1n) is 5.35. The first-order chi connectivity index (χ1) is 6.45. The molecule has 2 heterocycles. The van der Waals surface area contributed by atoms with Gasteiger partial charge >= 0.3 is 0 Å². The second-order valence-electron chi connectivity index (χ2n) is 4.03. The van der Waals surface area contributed by atoms with E-state index < -0.39 is 0 Å². The molecule has 2 unspecified atom stereocenters. The Morgan fingerprint density at radius 3 is 3.00 bits per heavy atom. The van der Waals surface area contributed by atoms with Crippen LogP contribution in [0.5, 0.6) is 0 Å². The van der Waals surface area contributed by atoms with E-state index in [1.54, 1.807) is 0 Å². The average Bonchev–Trinajstić information content (AvgIpc) is 2.75.